The molecule has 1 heterocycles. The summed E-state index contributed by atoms with van der Waals surface area (Å²) < 4.78 is 2.33. The summed E-state index contributed by atoms with van der Waals surface area (Å²) in [5.41, 5.74) is 7.33. The number of unbranched alkanes of at least 4 members (excludes halogenated alkanes) is 1. The molecule has 0 saturated carbocycles. The molecule has 1 rings (SSSR count). The molecule has 0 saturated heterocycles. The number of hydrogen-bond donors (Lipinski definition) is 1. The summed E-state index contributed by atoms with van der Waals surface area (Å²) in [6.45, 7) is 5.50. The highest BCUT2D eigenvalue weighted by Gasteiger charge is 2.05. The molecule has 2 heteroatoms. The van der Waals surface area contributed by atoms with E-state index in [1.807, 2.05) is 0 Å². The molecule has 2 nitrogen and oxygen atoms in total. The molecule has 0 amide bonds. The molecule has 80 valence electrons. The Balaban J connectivity index is 2.53. The third-order valence-electron chi connectivity index (χ3n) is 2.67. The molecule has 0 bridgehead atoms. The molecule has 0 aliphatic carbocycles. The lowest BCUT2D eigenvalue weighted by molar-refractivity contribution is 0.571. The van der Waals surface area contributed by atoms with Gasteiger partial charge in [-0.15, -0.1) is 0 Å². The largest absolute Gasteiger partial charge is 0.351 e. The van der Waals surface area contributed by atoms with Crippen LogP contribution in [-0.4, -0.2) is 10.6 Å². The van der Waals surface area contributed by atoms with E-state index in [0.717, 1.165) is 19.4 Å². The molecular formula is C12H22N2. The van der Waals surface area contributed by atoms with E-state index in [1.165, 1.54) is 18.5 Å². The highest BCUT2D eigenvalue weighted by Crippen LogP contribution is 2.08. The molecule has 1 aromatic rings. The van der Waals surface area contributed by atoms with Crippen LogP contribution in [0.15, 0.2) is 18.3 Å². The summed E-state index contributed by atoms with van der Waals surface area (Å²) in [7, 11) is 0. The number of rotatable bonds is 6. The van der Waals surface area contributed by atoms with Gasteiger partial charge >= 0.3 is 0 Å². The number of nitrogens with zero attached hydrogens (tertiary/aromatic N) is 1. The smallest absolute Gasteiger partial charge is 0.0222 e. The minimum Gasteiger partial charge on any atom is -0.351 e. The van der Waals surface area contributed by atoms with Crippen molar-refractivity contribution in [1.29, 1.82) is 0 Å². The summed E-state index contributed by atoms with van der Waals surface area (Å²) in [6, 6.07) is 4.61. The van der Waals surface area contributed by atoms with Crippen molar-refractivity contribution in [3.8, 4) is 0 Å². The van der Waals surface area contributed by atoms with Gasteiger partial charge in [0.05, 0.1) is 0 Å². The van der Waals surface area contributed by atoms with E-state index in [-0.39, 0.29) is 0 Å². The zero-order valence-corrected chi connectivity index (χ0v) is 9.37. The molecule has 14 heavy (non-hydrogen) atoms. The van der Waals surface area contributed by atoms with Crippen molar-refractivity contribution in [3.05, 3.63) is 24.0 Å². The van der Waals surface area contributed by atoms with E-state index in [1.54, 1.807) is 0 Å². The second-order valence-corrected chi connectivity index (χ2v) is 3.92. The Bertz CT molecular complexity index is 253. The van der Waals surface area contributed by atoms with Crippen LogP contribution in [0.5, 0.6) is 0 Å². The fraction of sp³-hybridized carbons (Fsp3) is 0.667. The Morgan fingerprint density at radius 3 is 2.86 bits per heavy atom. The second-order valence-electron chi connectivity index (χ2n) is 3.92. The zero-order valence-electron chi connectivity index (χ0n) is 9.37. The molecule has 1 atom stereocenters. The van der Waals surface area contributed by atoms with Gasteiger partial charge in [0.2, 0.25) is 0 Å². The van der Waals surface area contributed by atoms with Gasteiger partial charge in [-0.1, -0.05) is 20.3 Å². The molecule has 0 radical (unpaired) electrons. The fourth-order valence-corrected chi connectivity index (χ4v) is 1.59. The quantitative estimate of drug-likeness (QED) is 0.741. The predicted octanol–water partition coefficient (Wildman–Crippen LogP) is 2.57. The minimum absolute atomic E-state index is 0.310. The first kappa shape index (κ1) is 11.3. The van der Waals surface area contributed by atoms with Crippen LogP contribution in [-0.2, 0) is 13.0 Å². The van der Waals surface area contributed by atoms with Gasteiger partial charge in [0.1, 0.15) is 0 Å². The third-order valence-corrected chi connectivity index (χ3v) is 2.67. The van der Waals surface area contributed by atoms with Crippen molar-refractivity contribution in [2.75, 3.05) is 0 Å². The summed E-state index contributed by atoms with van der Waals surface area (Å²) in [5, 5.41) is 0. The lowest BCUT2D eigenvalue weighted by Crippen LogP contribution is -2.23. The summed E-state index contributed by atoms with van der Waals surface area (Å²) >= 11 is 0. The van der Waals surface area contributed by atoms with Crippen LogP contribution >= 0.6 is 0 Å². The van der Waals surface area contributed by atoms with Crippen molar-refractivity contribution < 1.29 is 0 Å². The van der Waals surface area contributed by atoms with E-state index in [9.17, 15) is 0 Å². The second kappa shape index (κ2) is 5.86. The Labute approximate surface area is 87.1 Å². The summed E-state index contributed by atoms with van der Waals surface area (Å²) in [5.74, 6) is 0. The van der Waals surface area contributed by atoms with E-state index in [4.69, 9.17) is 5.73 Å². The Morgan fingerprint density at radius 1 is 1.43 bits per heavy atom. The molecule has 1 unspecified atom stereocenters. The molecule has 0 aliphatic rings. The first-order valence-electron chi connectivity index (χ1n) is 5.67. The maximum absolute atomic E-state index is 5.95. The average molecular weight is 194 g/mol. The van der Waals surface area contributed by atoms with Crippen LogP contribution in [0, 0.1) is 0 Å². The fourth-order valence-electron chi connectivity index (χ4n) is 1.59. The maximum Gasteiger partial charge on any atom is 0.0222 e. The van der Waals surface area contributed by atoms with Crippen LogP contribution in [0.4, 0.5) is 0 Å². The summed E-state index contributed by atoms with van der Waals surface area (Å²) in [6.07, 6.45) is 6.72. The molecular weight excluding hydrogens is 172 g/mol. The van der Waals surface area contributed by atoms with Crippen molar-refractivity contribution in [3.63, 3.8) is 0 Å². The predicted molar refractivity (Wildman–Crippen MR) is 61.3 cm³/mol. The topological polar surface area (TPSA) is 30.9 Å². The zero-order chi connectivity index (χ0) is 10.4. The molecule has 0 aromatic carbocycles. The van der Waals surface area contributed by atoms with Crippen molar-refractivity contribution >= 4 is 0 Å². The lowest BCUT2D eigenvalue weighted by Gasteiger charge is -2.12. The average Bonchev–Trinajstić information content (AvgIpc) is 2.62. The Kier molecular flexibility index (Phi) is 4.74. The van der Waals surface area contributed by atoms with Crippen LogP contribution in [0.25, 0.3) is 0 Å². The van der Waals surface area contributed by atoms with E-state index in [2.05, 4.69) is 36.7 Å². The van der Waals surface area contributed by atoms with Gasteiger partial charge in [-0.05, 0) is 25.0 Å². The number of aryl methyl sites for hydroxylation is 1. The van der Waals surface area contributed by atoms with Crippen LogP contribution in [0.2, 0.25) is 0 Å². The Morgan fingerprint density at radius 2 is 2.21 bits per heavy atom. The number of nitrogens with two attached hydrogens (primary N) is 1. The van der Waals surface area contributed by atoms with Gasteiger partial charge < -0.3 is 10.3 Å². The highest BCUT2D eigenvalue weighted by atomic mass is 15.0. The van der Waals surface area contributed by atoms with Crippen LogP contribution in [0.1, 0.15) is 38.8 Å². The van der Waals surface area contributed by atoms with Gasteiger partial charge in [-0.25, -0.2) is 0 Å². The first-order chi connectivity index (χ1) is 6.77. The monoisotopic (exact) mass is 194 g/mol. The highest BCUT2D eigenvalue weighted by molar-refractivity contribution is 5.08. The van der Waals surface area contributed by atoms with E-state index in [0.29, 0.717) is 6.04 Å². The van der Waals surface area contributed by atoms with Crippen molar-refractivity contribution in [2.24, 2.45) is 5.73 Å². The molecule has 0 spiro atoms. The molecule has 2 N–H and O–H groups in total. The SMILES string of the molecule is CCCCn1cccc1CC(N)CC. The van der Waals surface area contributed by atoms with E-state index >= 15 is 0 Å². The maximum atomic E-state index is 5.95. The van der Waals surface area contributed by atoms with Gasteiger partial charge in [0, 0.05) is 30.9 Å². The molecule has 0 fully saturated rings. The normalized spacial score (nSPS) is 13.1. The van der Waals surface area contributed by atoms with Crippen LogP contribution in [0.3, 0.4) is 0 Å². The third kappa shape index (κ3) is 3.18. The van der Waals surface area contributed by atoms with Crippen molar-refractivity contribution in [1.82, 2.24) is 4.57 Å². The van der Waals surface area contributed by atoms with Gasteiger partial charge in [-0.2, -0.15) is 0 Å². The van der Waals surface area contributed by atoms with Gasteiger partial charge in [0.25, 0.3) is 0 Å². The summed E-state index contributed by atoms with van der Waals surface area (Å²) in [4.78, 5) is 0. The minimum atomic E-state index is 0.310. The lowest BCUT2D eigenvalue weighted by atomic mass is 10.1. The Hall–Kier alpha value is -0.760. The van der Waals surface area contributed by atoms with Crippen LogP contribution < -0.4 is 5.73 Å². The molecule has 1 aromatic heterocycles. The molecule has 0 aliphatic heterocycles. The van der Waals surface area contributed by atoms with E-state index < -0.39 is 0 Å². The standard InChI is InChI=1S/C12H22N2/c1-3-5-8-14-9-6-7-12(14)10-11(13)4-2/h6-7,9,11H,3-5,8,10,13H2,1-2H3. The first-order valence-corrected chi connectivity index (χ1v) is 5.67. The van der Waals surface area contributed by atoms with Crippen molar-refractivity contribution in [2.45, 2.75) is 52.1 Å². The number of aromatic nitrogens is 1. The van der Waals surface area contributed by atoms with Gasteiger partial charge in [-0.3, -0.25) is 0 Å². The van der Waals surface area contributed by atoms with Gasteiger partial charge in [0.15, 0.2) is 0 Å². The number of hydrogen-bond acceptors (Lipinski definition) is 1.